The van der Waals surface area contributed by atoms with Crippen molar-refractivity contribution in [1.29, 1.82) is 0 Å². The number of hydrogen-bond acceptors (Lipinski definition) is 3. The van der Waals surface area contributed by atoms with E-state index in [0.29, 0.717) is 19.7 Å². The van der Waals surface area contributed by atoms with E-state index < -0.39 is 5.97 Å². The summed E-state index contributed by atoms with van der Waals surface area (Å²) in [4.78, 5) is 11.0. The van der Waals surface area contributed by atoms with Gasteiger partial charge < -0.3 is 9.84 Å². The van der Waals surface area contributed by atoms with E-state index in [9.17, 15) is 4.79 Å². The number of carbonyl (C=O) groups is 1. The first-order chi connectivity index (χ1) is 9.81. The smallest absolute Gasteiger partial charge is 0.335 e. The van der Waals surface area contributed by atoms with Crippen molar-refractivity contribution in [3.8, 4) is 5.75 Å². The summed E-state index contributed by atoms with van der Waals surface area (Å²) in [6, 6.07) is 2.97. The molecule has 0 bridgehead atoms. The number of hydrogen-bond donors (Lipinski definition) is 1. The van der Waals surface area contributed by atoms with Crippen molar-refractivity contribution in [1.82, 2.24) is 9.78 Å². The molecule has 8 heteroatoms. The molecule has 0 fully saturated rings. The predicted octanol–water partition coefficient (Wildman–Crippen LogP) is 4.18. The van der Waals surface area contributed by atoms with Gasteiger partial charge in [0.1, 0.15) is 12.4 Å². The zero-order valence-electron chi connectivity index (χ0n) is 11.2. The molecule has 0 spiro atoms. The van der Waals surface area contributed by atoms with Crippen LogP contribution in [0.4, 0.5) is 0 Å². The predicted molar refractivity (Wildman–Crippen MR) is 86.1 cm³/mol. The van der Waals surface area contributed by atoms with Crippen LogP contribution in [-0.4, -0.2) is 20.9 Å². The fraction of sp³-hybridized carbons (Fsp3) is 0.231. The minimum absolute atomic E-state index is 0.163. The van der Waals surface area contributed by atoms with Crippen LogP contribution < -0.4 is 4.74 Å². The maximum absolute atomic E-state index is 11.0. The Kier molecular flexibility index (Phi) is 4.95. The van der Waals surface area contributed by atoms with E-state index >= 15 is 0 Å². The summed E-state index contributed by atoms with van der Waals surface area (Å²) >= 11 is 12.8. The summed E-state index contributed by atoms with van der Waals surface area (Å²) in [7, 11) is 1.79. The normalized spacial score (nSPS) is 10.7. The summed E-state index contributed by atoms with van der Waals surface area (Å²) in [6.45, 7) is 2.04. The van der Waals surface area contributed by atoms with E-state index in [1.165, 1.54) is 12.1 Å². The third-order valence-electron chi connectivity index (χ3n) is 2.86. The summed E-state index contributed by atoms with van der Waals surface area (Å²) in [6.07, 6.45) is 0. The van der Waals surface area contributed by atoms with Crippen LogP contribution in [0.2, 0.25) is 5.02 Å². The molecule has 1 aromatic heterocycles. The van der Waals surface area contributed by atoms with Crippen LogP contribution in [0.5, 0.6) is 5.75 Å². The van der Waals surface area contributed by atoms with Gasteiger partial charge in [-0.25, -0.2) is 4.79 Å². The van der Waals surface area contributed by atoms with E-state index in [0.717, 1.165) is 11.4 Å². The van der Waals surface area contributed by atoms with E-state index in [-0.39, 0.29) is 12.2 Å². The van der Waals surface area contributed by atoms with Crippen molar-refractivity contribution < 1.29 is 14.6 Å². The molecule has 2 aromatic rings. The molecule has 1 heterocycles. The number of rotatable bonds is 4. The molecule has 5 nitrogen and oxygen atoms in total. The lowest BCUT2D eigenvalue weighted by atomic mass is 10.2. The minimum Gasteiger partial charge on any atom is -0.485 e. The van der Waals surface area contributed by atoms with Crippen LogP contribution in [0.15, 0.2) is 21.1 Å². The van der Waals surface area contributed by atoms with Crippen LogP contribution in [0, 0.1) is 6.92 Å². The first-order valence-electron chi connectivity index (χ1n) is 5.84. The number of nitrogens with zero attached hydrogens (tertiary/aromatic N) is 2. The number of benzene rings is 1. The highest BCUT2D eigenvalue weighted by Gasteiger charge is 2.16. The Morgan fingerprint density at radius 3 is 2.43 bits per heavy atom. The second kappa shape index (κ2) is 6.37. The highest BCUT2D eigenvalue weighted by atomic mass is 79.9. The molecule has 21 heavy (non-hydrogen) atoms. The highest BCUT2D eigenvalue weighted by Crippen LogP contribution is 2.35. The molecular formula is C13H11Br2ClN2O3. The Morgan fingerprint density at radius 2 is 2.00 bits per heavy atom. The van der Waals surface area contributed by atoms with Gasteiger partial charge in [0, 0.05) is 7.05 Å². The van der Waals surface area contributed by atoms with E-state index in [1.54, 1.807) is 11.7 Å². The molecule has 112 valence electrons. The lowest BCUT2D eigenvalue weighted by molar-refractivity contribution is 0.0696. The van der Waals surface area contributed by atoms with Crippen molar-refractivity contribution in [2.24, 2.45) is 7.05 Å². The van der Waals surface area contributed by atoms with Crippen molar-refractivity contribution in [2.45, 2.75) is 13.5 Å². The Balaban J connectivity index is 2.26. The van der Waals surface area contributed by atoms with Crippen molar-refractivity contribution in [2.75, 3.05) is 0 Å². The zero-order valence-corrected chi connectivity index (χ0v) is 15.1. The van der Waals surface area contributed by atoms with Crippen molar-refractivity contribution in [3.63, 3.8) is 0 Å². The van der Waals surface area contributed by atoms with E-state index in [4.69, 9.17) is 21.4 Å². The molecule has 0 saturated heterocycles. The largest absolute Gasteiger partial charge is 0.485 e. The molecule has 1 N–H and O–H groups in total. The van der Waals surface area contributed by atoms with E-state index in [2.05, 4.69) is 37.0 Å². The standard InChI is InChI=1S/C13H11Br2ClN2O3/c1-6-11(16)10(18(2)17-6)5-21-12-8(14)3-7(13(19)20)4-9(12)15/h3-4H,5H2,1-2H3,(H,19,20). The van der Waals surface area contributed by atoms with Crippen LogP contribution in [0.1, 0.15) is 21.7 Å². The Labute approximate surface area is 143 Å². The van der Waals surface area contributed by atoms with Gasteiger partial charge in [0.05, 0.1) is 30.9 Å². The maximum atomic E-state index is 11.0. The molecule has 0 amide bonds. The number of aryl methyl sites for hydroxylation is 2. The number of carboxylic acid groups (broad SMARTS) is 1. The molecule has 0 unspecified atom stereocenters. The van der Waals surface area contributed by atoms with Crippen LogP contribution in [0.25, 0.3) is 0 Å². The Hall–Kier alpha value is -1.05. The van der Waals surface area contributed by atoms with Crippen LogP contribution >= 0.6 is 43.5 Å². The van der Waals surface area contributed by atoms with Gasteiger partial charge in [-0.15, -0.1) is 0 Å². The number of carboxylic acids is 1. The van der Waals surface area contributed by atoms with Crippen molar-refractivity contribution in [3.05, 3.63) is 43.1 Å². The summed E-state index contributed by atoms with van der Waals surface area (Å²) in [5.41, 5.74) is 1.64. The van der Waals surface area contributed by atoms with Gasteiger partial charge in [0.25, 0.3) is 0 Å². The first-order valence-corrected chi connectivity index (χ1v) is 7.80. The van der Waals surface area contributed by atoms with Gasteiger partial charge in [-0.2, -0.15) is 5.10 Å². The van der Waals surface area contributed by atoms with Crippen LogP contribution in [-0.2, 0) is 13.7 Å². The molecule has 0 aliphatic rings. The SMILES string of the molecule is Cc1nn(C)c(COc2c(Br)cc(C(=O)O)cc2Br)c1Cl. The average Bonchev–Trinajstić information content (AvgIpc) is 2.63. The van der Waals surface area contributed by atoms with E-state index in [1.807, 2.05) is 6.92 Å². The van der Waals surface area contributed by atoms with Gasteiger partial charge in [-0.3, -0.25) is 4.68 Å². The molecule has 0 saturated carbocycles. The number of aromatic nitrogens is 2. The van der Waals surface area contributed by atoms with Gasteiger partial charge in [-0.1, -0.05) is 11.6 Å². The Morgan fingerprint density at radius 1 is 1.43 bits per heavy atom. The molecule has 0 aliphatic heterocycles. The topological polar surface area (TPSA) is 64.4 Å². The summed E-state index contributed by atoms with van der Waals surface area (Å²) in [5, 5.41) is 13.8. The summed E-state index contributed by atoms with van der Waals surface area (Å²) in [5.74, 6) is -0.497. The average molecular weight is 439 g/mol. The quantitative estimate of drug-likeness (QED) is 0.778. The molecule has 0 atom stereocenters. The zero-order chi connectivity index (χ0) is 15.7. The van der Waals surface area contributed by atoms with Gasteiger partial charge in [0.15, 0.2) is 0 Å². The molecule has 0 aliphatic carbocycles. The lowest BCUT2D eigenvalue weighted by Gasteiger charge is -2.11. The van der Waals surface area contributed by atoms with Gasteiger partial charge in [0.2, 0.25) is 0 Å². The lowest BCUT2D eigenvalue weighted by Crippen LogP contribution is -2.05. The summed E-state index contributed by atoms with van der Waals surface area (Å²) < 4.78 is 8.48. The van der Waals surface area contributed by atoms with Gasteiger partial charge >= 0.3 is 5.97 Å². The monoisotopic (exact) mass is 436 g/mol. The van der Waals surface area contributed by atoms with Crippen molar-refractivity contribution >= 4 is 49.4 Å². The third kappa shape index (κ3) is 3.41. The second-order valence-corrected chi connectivity index (χ2v) is 6.42. The first kappa shape index (κ1) is 16.3. The minimum atomic E-state index is -1.01. The molecule has 0 radical (unpaired) electrons. The molecular weight excluding hydrogens is 427 g/mol. The third-order valence-corrected chi connectivity index (χ3v) is 4.53. The number of ether oxygens (including phenoxy) is 1. The van der Waals surface area contributed by atoms with Crippen LogP contribution in [0.3, 0.4) is 0 Å². The fourth-order valence-electron chi connectivity index (χ4n) is 1.80. The number of aromatic carboxylic acids is 1. The highest BCUT2D eigenvalue weighted by molar-refractivity contribution is 9.11. The molecule has 2 rings (SSSR count). The number of halogens is 3. The van der Waals surface area contributed by atoms with Gasteiger partial charge in [-0.05, 0) is 50.9 Å². The molecule has 1 aromatic carbocycles. The second-order valence-electron chi connectivity index (χ2n) is 4.33. The maximum Gasteiger partial charge on any atom is 0.335 e. The Bertz CT molecular complexity index is 693. The fourth-order valence-corrected chi connectivity index (χ4v) is 3.43.